The van der Waals surface area contributed by atoms with Crippen LogP contribution >= 0.6 is 12.4 Å². The van der Waals surface area contributed by atoms with Crippen LogP contribution in [0.3, 0.4) is 0 Å². The molecule has 0 spiro atoms. The number of aromatic nitrogens is 2. The topological polar surface area (TPSA) is 121 Å². The van der Waals surface area contributed by atoms with Gasteiger partial charge >= 0.3 is 11.9 Å². The highest BCUT2D eigenvalue weighted by Crippen LogP contribution is 2.39. The third-order valence-corrected chi connectivity index (χ3v) is 10.5. The number of carboxylic acids is 1. The maximum absolute atomic E-state index is 14.9. The van der Waals surface area contributed by atoms with Gasteiger partial charge in [-0.15, -0.1) is 12.4 Å². The van der Waals surface area contributed by atoms with Crippen molar-refractivity contribution in [2.45, 2.75) is 44.7 Å². The van der Waals surface area contributed by atoms with E-state index in [1.807, 2.05) is 26.0 Å². The van der Waals surface area contributed by atoms with Crippen LogP contribution in [0.5, 0.6) is 0 Å². The highest BCUT2D eigenvalue weighted by molar-refractivity contribution is 5.95. The van der Waals surface area contributed by atoms with Crippen molar-refractivity contribution < 1.29 is 28.2 Å². The van der Waals surface area contributed by atoms with Crippen molar-refractivity contribution >= 4 is 57.5 Å². The summed E-state index contributed by atoms with van der Waals surface area (Å²) in [5, 5.41) is 9.66. The molecule has 4 aromatic rings. The van der Waals surface area contributed by atoms with Crippen LogP contribution in [-0.4, -0.2) is 109 Å². The van der Waals surface area contributed by atoms with Crippen LogP contribution < -0.4 is 20.7 Å². The number of halogens is 3. The predicted molar refractivity (Wildman–Crippen MR) is 202 cm³/mol. The van der Waals surface area contributed by atoms with Gasteiger partial charge in [-0.2, -0.15) is 0 Å². The fourth-order valence-corrected chi connectivity index (χ4v) is 7.11. The van der Waals surface area contributed by atoms with Crippen molar-refractivity contribution in [3.8, 4) is 0 Å². The lowest BCUT2D eigenvalue weighted by molar-refractivity contribution is 0.0523. The maximum Gasteiger partial charge on any atom is 0.343 e. The summed E-state index contributed by atoms with van der Waals surface area (Å²) in [6.07, 6.45) is 6.86. The van der Waals surface area contributed by atoms with Gasteiger partial charge in [0.2, 0.25) is 10.9 Å². The Kier molecular flexibility index (Phi) is 11.1. The van der Waals surface area contributed by atoms with Gasteiger partial charge in [0, 0.05) is 87.6 Å². The van der Waals surface area contributed by atoms with Gasteiger partial charge in [-0.1, -0.05) is 0 Å². The van der Waals surface area contributed by atoms with E-state index in [1.54, 1.807) is 25.3 Å². The van der Waals surface area contributed by atoms with Crippen molar-refractivity contribution in [3.63, 3.8) is 0 Å². The van der Waals surface area contributed by atoms with Crippen molar-refractivity contribution in [1.29, 1.82) is 0 Å². The number of hydrogen-bond donors (Lipinski definition) is 1. The summed E-state index contributed by atoms with van der Waals surface area (Å²) in [5.41, 5.74) is 0.894. The first-order valence-corrected chi connectivity index (χ1v) is 18.0. The largest absolute Gasteiger partial charge is 0.477 e. The molecule has 15 heteroatoms. The number of esters is 1. The number of pyridine rings is 2. The molecule has 4 fully saturated rings. The van der Waals surface area contributed by atoms with E-state index in [9.17, 15) is 33.1 Å². The molecule has 8 rings (SSSR count). The number of benzene rings is 2. The molecule has 53 heavy (non-hydrogen) atoms. The van der Waals surface area contributed by atoms with E-state index >= 15 is 0 Å². The van der Waals surface area contributed by atoms with E-state index in [4.69, 9.17) is 4.74 Å². The second kappa shape index (κ2) is 15.4. The minimum atomic E-state index is -1.27. The number of hydrogen-bond acceptors (Lipinski definition) is 9. The first-order valence-electron chi connectivity index (χ1n) is 18.0. The van der Waals surface area contributed by atoms with Crippen molar-refractivity contribution in [3.05, 3.63) is 79.9 Å². The Morgan fingerprint density at radius 3 is 1.47 bits per heavy atom. The highest BCUT2D eigenvalue weighted by Gasteiger charge is 2.30. The summed E-state index contributed by atoms with van der Waals surface area (Å²) in [7, 11) is 4.09. The van der Waals surface area contributed by atoms with Crippen LogP contribution in [0.25, 0.3) is 21.8 Å². The maximum atomic E-state index is 14.9. The Balaban J connectivity index is 0.000000178. The van der Waals surface area contributed by atoms with Crippen molar-refractivity contribution in [2.24, 2.45) is 0 Å². The number of nitrogens with zero attached hydrogens (tertiary/aromatic N) is 6. The Morgan fingerprint density at radius 2 is 1.09 bits per heavy atom. The number of aromatic carboxylic acids is 1. The monoisotopic (exact) mass is 754 g/mol. The second-order valence-corrected chi connectivity index (χ2v) is 14.3. The molecule has 0 atom stereocenters. The molecule has 284 valence electrons. The second-order valence-electron chi connectivity index (χ2n) is 14.3. The number of carbonyl (C=O) groups excluding carboxylic acids is 1. The lowest BCUT2D eigenvalue weighted by atomic mass is 10.1. The van der Waals surface area contributed by atoms with Gasteiger partial charge in [0.05, 0.1) is 29.0 Å². The summed E-state index contributed by atoms with van der Waals surface area (Å²) in [6, 6.07) is 6.40. The molecular weight excluding hydrogens is 710 g/mol. The van der Waals surface area contributed by atoms with E-state index in [0.29, 0.717) is 22.4 Å². The fraction of sp³-hybridized carbons (Fsp3) is 0.474. The number of ether oxygens (including phenoxy) is 1. The Labute approximate surface area is 311 Å². The zero-order valence-electron chi connectivity index (χ0n) is 30.1. The third-order valence-electron chi connectivity index (χ3n) is 10.5. The minimum absolute atomic E-state index is 0. The Hall–Kier alpha value is -4.53. The smallest absolute Gasteiger partial charge is 0.343 e. The normalized spacial score (nSPS) is 18.1. The van der Waals surface area contributed by atoms with Gasteiger partial charge in [-0.3, -0.25) is 9.59 Å². The molecule has 2 aromatic heterocycles. The van der Waals surface area contributed by atoms with Gasteiger partial charge in [0.15, 0.2) is 0 Å². The van der Waals surface area contributed by atoms with Gasteiger partial charge in [0.25, 0.3) is 0 Å². The number of fused-ring (bicyclic) bond motifs is 2. The Morgan fingerprint density at radius 1 is 0.698 bits per heavy atom. The van der Waals surface area contributed by atoms with E-state index in [0.717, 1.165) is 78.0 Å². The molecule has 0 amide bonds. The zero-order chi connectivity index (χ0) is 36.8. The minimum Gasteiger partial charge on any atom is -0.477 e. The van der Waals surface area contributed by atoms with Crippen LogP contribution in [0, 0.1) is 11.6 Å². The SMILES string of the molecule is CCOC(=O)c1cn(C2CC2)c2cc(N3CCN(C)CC3)c(F)cc2c1=O.CN1CCN(c2cc3c(cc2F)c(=O)c(C(=O)O)cn3C2CC2)CC1.Cl. The molecule has 2 aromatic carbocycles. The van der Waals surface area contributed by atoms with Crippen molar-refractivity contribution in [2.75, 3.05) is 82.9 Å². The van der Waals surface area contributed by atoms with Crippen molar-refractivity contribution in [1.82, 2.24) is 18.9 Å². The molecule has 2 saturated carbocycles. The summed E-state index contributed by atoms with van der Waals surface area (Å²) >= 11 is 0. The molecule has 2 saturated heterocycles. The lowest BCUT2D eigenvalue weighted by Gasteiger charge is -2.34. The first kappa shape index (κ1) is 38.2. The molecule has 0 radical (unpaired) electrons. The number of anilines is 2. The van der Waals surface area contributed by atoms with Crippen LogP contribution in [-0.2, 0) is 4.74 Å². The molecule has 4 heterocycles. The predicted octanol–water partition coefficient (Wildman–Crippen LogP) is 4.75. The van der Waals surface area contributed by atoms with E-state index in [-0.39, 0.29) is 53.0 Å². The standard InChI is InChI=1S/C20H24FN3O3.C18H20FN3O3.ClH/c1-3-27-20(26)15-12-24(13-4-5-13)17-11-18(16(21)10-14(17)19(15)25)23-8-6-22(2)7-9-23;1-20-4-6-21(7-5-20)16-9-15-12(8-14(16)19)17(23)13(18(24)25)10-22(15)11-2-3-11;/h10-13H,3-9H2,1-2H3;8-11H,2-7H2,1H3,(H,24,25);1H. The van der Waals surface area contributed by atoms with Gasteiger partial charge in [0.1, 0.15) is 22.8 Å². The first-order chi connectivity index (χ1) is 24.9. The summed E-state index contributed by atoms with van der Waals surface area (Å²) in [5.74, 6) is -2.82. The number of carboxylic acid groups (broad SMARTS) is 1. The highest BCUT2D eigenvalue weighted by atomic mass is 35.5. The van der Waals surface area contributed by atoms with Gasteiger partial charge < -0.3 is 38.6 Å². The molecule has 1 N–H and O–H groups in total. The molecule has 0 bridgehead atoms. The fourth-order valence-electron chi connectivity index (χ4n) is 7.11. The Bertz CT molecular complexity index is 2170. The summed E-state index contributed by atoms with van der Waals surface area (Å²) in [4.78, 5) is 57.3. The van der Waals surface area contributed by atoms with E-state index < -0.39 is 34.4 Å². The quantitative estimate of drug-likeness (QED) is 0.265. The van der Waals surface area contributed by atoms with Gasteiger partial charge in [-0.25, -0.2) is 18.4 Å². The lowest BCUT2D eigenvalue weighted by Crippen LogP contribution is -2.44. The zero-order valence-corrected chi connectivity index (χ0v) is 31.0. The summed E-state index contributed by atoms with van der Waals surface area (Å²) < 4.78 is 38.4. The van der Waals surface area contributed by atoms with Crippen LogP contribution in [0.1, 0.15) is 65.4 Å². The average Bonchev–Trinajstić information content (AvgIpc) is 4.05. The average molecular weight is 755 g/mol. The van der Waals surface area contributed by atoms with Crippen LogP contribution in [0.2, 0.25) is 0 Å². The molecule has 2 aliphatic heterocycles. The third kappa shape index (κ3) is 7.76. The number of piperazine rings is 2. The number of rotatable bonds is 7. The number of carbonyl (C=O) groups is 2. The van der Waals surface area contributed by atoms with E-state index in [2.05, 4.69) is 16.8 Å². The molecular formula is C38H45ClF2N6O6. The van der Waals surface area contributed by atoms with Gasteiger partial charge in [-0.05, 0) is 71.0 Å². The van der Waals surface area contributed by atoms with Crippen LogP contribution in [0.4, 0.5) is 20.2 Å². The molecule has 4 aliphatic rings. The van der Waals surface area contributed by atoms with E-state index in [1.165, 1.54) is 18.3 Å². The molecule has 12 nitrogen and oxygen atoms in total. The summed E-state index contributed by atoms with van der Waals surface area (Å²) in [6.45, 7) is 8.26. The van der Waals surface area contributed by atoms with Crippen LogP contribution in [0.15, 0.2) is 46.2 Å². The molecule has 0 unspecified atom stereocenters. The number of likely N-dealkylation sites (N-methyl/N-ethyl adjacent to an activating group) is 2. The molecule has 2 aliphatic carbocycles.